The summed E-state index contributed by atoms with van der Waals surface area (Å²) in [5.41, 5.74) is 7.66. The van der Waals surface area contributed by atoms with E-state index >= 15 is 0 Å². The number of nitrogens with two attached hydrogens (primary N) is 1. The third kappa shape index (κ3) is 1.74. The molecule has 1 fully saturated rings. The molecule has 3 N–H and O–H groups in total. The third-order valence-corrected chi connectivity index (χ3v) is 2.68. The molecule has 1 unspecified atom stereocenters. The lowest BCUT2D eigenvalue weighted by Crippen LogP contribution is -2.49. The SMILES string of the molecule is CC1(c2cccc(N)c2)COCCN1. The Balaban J connectivity index is 2.28. The largest absolute Gasteiger partial charge is 0.399 e. The van der Waals surface area contributed by atoms with Crippen molar-refractivity contribution in [2.45, 2.75) is 12.5 Å². The smallest absolute Gasteiger partial charge is 0.0688 e. The van der Waals surface area contributed by atoms with Crippen LogP contribution in [0.25, 0.3) is 0 Å². The van der Waals surface area contributed by atoms with Crippen molar-refractivity contribution in [3.8, 4) is 0 Å². The standard InChI is InChI=1S/C11H16N2O/c1-11(8-14-6-5-13-11)9-3-2-4-10(12)7-9/h2-4,7,13H,5-6,8,12H2,1H3. The summed E-state index contributed by atoms with van der Waals surface area (Å²) in [5, 5.41) is 3.46. The van der Waals surface area contributed by atoms with Crippen LogP contribution in [0.4, 0.5) is 5.69 Å². The van der Waals surface area contributed by atoms with Gasteiger partial charge in [-0.25, -0.2) is 0 Å². The highest BCUT2D eigenvalue weighted by Gasteiger charge is 2.28. The first-order valence-electron chi connectivity index (χ1n) is 4.89. The summed E-state index contributed by atoms with van der Waals surface area (Å²) in [6.45, 7) is 4.53. The molecule has 1 heterocycles. The Hall–Kier alpha value is -1.06. The lowest BCUT2D eigenvalue weighted by atomic mass is 9.92. The first kappa shape index (κ1) is 9.49. The van der Waals surface area contributed by atoms with Crippen molar-refractivity contribution >= 4 is 5.69 Å². The second kappa shape index (κ2) is 3.59. The summed E-state index contributed by atoms with van der Waals surface area (Å²) in [6, 6.07) is 7.96. The van der Waals surface area contributed by atoms with E-state index in [1.165, 1.54) is 5.56 Å². The van der Waals surface area contributed by atoms with Crippen molar-refractivity contribution in [2.24, 2.45) is 0 Å². The van der Waals surface area contributed by atoms with E-state index in [1.54, 1.807) is 0 Å². The van der Waals surface area contributed by atoms with Gasteiger partial charge >= 0.3 is 0 Å². The van der Waals surface area contributed by atoms with Gasteiger partial charge in [0.15, 0.2) is 0 Å². The number of hydrogen-bond acceptors (Lipinski definition) is 3. The van der Waals surface area contributed by atoms with Crippen molar-refractivity contribution < 1.29 is 4.74 Å². The van der Waals surface area contributed by atoms with E-state index in [9.17, 15) is 0 Å². The number of anilines is 1. The lowest BCUT2D eigenvalue weighted by Gasteiger charge is -2.35. The quantitative estimate of drug-likeness (QED) is 0.655. The fourth-order valence-electron chi connectivity index (χ4n) is 1.79. The topological polar surface area (TPSA) is 47.3 Å². The molecule has 1 aromatic carbocycles. The molecule has 1 atom stereocenters. The van der Waals surface area contributed by atoms with Gasteiger partial charge in [-0.05, 0) is 24.6 Å². The number of morpholine rings is 1. The predicted octanol–water partition coefficient (Wildman–Crippen LogP) is 1.10. The maximum Gasteiger partial charge on any atom is 0.0688 e. The van der Waals surface area contributed by atoms with Gasteiger partial charge in [-0.15, -0.1) is 0 Å². The summed E-state index contributed by atoms with van der Waals surface area (Å²) in [6.07, 6.45) is 0. The van der Waals surface area contributed by atoms with Crippen molar-refractivity contribution in [1.82, 2.24) is 5.32 Å². The number of nitrogen functional groups attached to an aromatic ring is 1. The van der Waals surface area contributed by atoms with Gasteiger partial charge in [0, 0.05) is 12.2 Å². The fraction of sp³-hybridized carbons (Fsp3) is 0.455. The van der Waals surface area contributed by atoms with Crippen molar-refractivity contribution in [2.75, 3.05) is 25.5 Å². The number of ether oxygens (including phenoxy) is 1. The first-order valence-corrected chi connectivity index (χ1v) is 4.89. The van der Waals surface area contributed by atoms with Gasteiger partial charge in [0.05, 0.1) is 18.8 Å². The van der Waals surface area contributed by atoms with Crippen LogP contribution < -0.4 is 11.1 Å². The minimum atomic E-state index is -0.0897. The summed E-state index contributed by atoms with van der Waals surface area (Å²) in [7, 11) is 0. The highest BCUT2D eigenvalue weighted by atomic mass is 16.5. The van der Waals surface area contributed by atoms with Gasteiger partial charge < -0.3 is 15.8 Å². The van der Waals surface area contributed by atoms with Gasteiger partial charge in [0.2, 0.25) is 0 Å². The lowest BCUT2D eigenvalue weighted by molar-refractivity contribution is 0.0339. The minimum Gasteiger partial charge on any atom is -0.399 e. The molecule has 0 bridgehead atoms. The van der Waals surface area contributed by atoms with Gasteiger partial charge in [-0.2, -0.15) is 0 Å². The van der Waals surface area contributed by atoms with Crippen LogP contribution in [0.5, 0.6) is 0 Å². The fourth-order valence-corrected chi connectivity index (χ4v) is 1.79. The molecule has 0 spiro atoms. The Morgan fingerprint density at radius 1 is 1.50 bits per heavy atom. The molecule has 1 aliphatic heterocycles. The van der Waals surface area contributed by atoms with Crippen LogP contribution in [0.1, 0.15) is 12.5 Å². The summed E-state index contributed by atoms with van der Waals surface area (Å²) in [5.74, 6) is 0. The molecular weight excluding hydrogens is 176 g/mol. The Labute approximate surface area is 84.3 Å². The van der Waals surface area contributed by atoms with E-state index in [-0.39, 0.29) is 5.54 Å². The summed E-state index contributed by atoms with van der Waals surface area (Å²) >= 11 is 0. The number of nitrogens with one attached hydrogen (secondary N) is 1. The molecule has 0 aliphatic carbocycles. The van der Waals surface area contributed by atoms with E-state index in [2.05, 4.69) is 18.3 Å². The van der Waals surface area contributed by atoms with Crippen LogP contribution in [-0.2, 0) is 10.3 Å². The number of rotatable bonds is 1. The zero-order chi connectivity index (χ0) is 10.0. The molecule has 0 aromatic heterocycles. The molecule has 0 radical (unpaired) electrons. The Morgan fingerprint density at radius 2 is 2.36 bits per heavy atom. The van der Waals surface area contributed by atoms with Gasteiger partial charge in [-0.1, -0.05) is 12.1 Å². The van der Waals surface area contributed by atoms with Crippen LogP contribution >= 0.6 is 0 Å². The third-order valence-electron chi connectivity index (χ3n) is 2.68. The van der Waals surface area contributed by atoms with Crippen LogP contribution in [0.3, 0.4) is 0 Å². The zero-order valence-electron chi connectivity index (χ0n) is 8.42. The molecule has 1 aliphatic rings. The maximum atomic E-state index is 5.76. The van der Waals surface area contributed by atoms with E-state index < -0.39 is 0 Å². The number of benzene rings is 1. The molecule has 3 heteroatoms. The predicted molar refractivity (Wildman–Crippen MR) is 57.0 cm³/mol. The van der Waals surface area contributed by atoms with Gasteiger partial charge in [0.1, 0.15) is 0 Å². The summed E-state index contributed by atoms with van der Waals surface area (Å²) < 4.78 is 5.48. The molecular formula is C11H16N2O. The van der Waals surface area contributed by atoms with E-state index in [4.69, 9.17) is 10.5 Å². The normalized spacial score (nSPS) is 27.5. The summed E-state index contributed by atoms with van der Waals surface area (Å²) in [4.78, 5) is 0. The molecule has 14 heavy (non-hydrogen) atoms. The minimum absolute atomic E-state index is 0.0897. The van der Waals surface area contributed by atoms with Crippen molar-refractivity contribution in [3.63, 3.8) is 0 Å². The monoisotopic (exact) mass is 192 g/mol. The number of hydrogen-bond donors (Lipinski definition) is 2. The second-order valence-corrected chi connectivity index (χ2v) is 3.94. The van der Waals surface area contributed by atoms with Crippen LogP contribution in [0, 0.1) is 0 Å². The van der Waals surface area contributed by atoms with Gasteiger partial charge in [-0.3, -0.25) is 0 Å². The molecule has 1 aromatic rings. The maximum absolute atomic E-state index is 5.76. The van der Waals surface area contributed by atoms with Crippen LogP contribution in [0.15, 0.2) is 24.3 Å². The molecule has 1 saturated heterocycles. The molecule has 0 saturated carbocycles. The molecule has 3 nitrogen and oxygen atoms in total. The van der Waals surface area contributed by atoms with E-state index in [1.807, 2.05) is 18.2 Å². The first-order chi connectivity index (χ1) is 6.71. The average molecular weight is 192 g/mol. The van der Waals surface area contributed by atoms with Crippen molar-refractivity contribution in [3.05, 3.63) is 29.8 Å². The second-order valence-electron chi connectivity index (χ2n) is 3.94. The van der Waals surface area contributed by atoms with Crippen molar-refractivity contribution in [1.29, 1.82) is 0 Å². The van der Waals surface area contributed by atoms with Crippen LogP contribution in [0.2, 0.25) is 0 Å². The highest BCUT2D eigenvalue weighted by molar-refractivity contribution is 5.43. The Bertz CT molecular complexity index is 319. The van der Waals surface area contributed by atoms with E-state index in [0.29, 0.717) is 6.61 Å². The zero-order valence-corrected chi connectivity index (χ0v) is 8.42. The van der Waals surface area contributed by atoms with Crippen LogP contribution in [-0.4, -0.2) is 19.8 Å². The molecule has 0 amide bonds. The average Bonchev–Trinajstić information content (AvgIpc) is 2.19. The Morgan fingerprint density at radius 3 is 3.00 bits per heavy atom. The molecule has 76 valence electrons. The molecule has 2 rings (SSSR count). The van der Waals surface area contributed by atoms with E-state index in [0.717, 1.165) is 18.8 Å². The Kier molecular flexibility index (Phi) is 2.44. The highest BCUT2D eigenvalue weighted by Crippen LogP contribution is 2.24. The van der Waals surface area contributed by atoms with Gasteiger partial charge in [0.25, 0.3) is 0 Å².